The average molecular weight is 633 g/mol. The predicted octanol–water partition coefficient (Wildman–Crippen LogP) is 6.13. The second-order valence-corrected chi connectivity index (χ2v) is 13.8. The molecular weight excluding hydrogens is 601 g/mol. The highest BCUT2D eigenvalue weighted by Gasteiger charge is 2.26. The molecule has 0 aliphatic heterocycles. The molecule has 0 amide bonds. The third-order valence-electron chi connectivity index (χ3n) is 7.31. The van der Waals surface area contributed by atoms with Crippen LogP contribution in [0.25, 0.3) is 10.9 Å². The molecule has 228 valence electrons. The molecule has 0 unspecified atom stereocenters. The van der Waals surface area contributed by atoms with E-state index in [9.17, 15) is 21.6 Å². The van der Waals surface area contributed by atoms with Crippen molar-refractivity contribution in [3.8, 4) is 11.5 Å². The minimum atomic E-state index is -4.08. The molecule has 5 aromatic rings. The van der Waals surface area contributed by atoms with Gasteiger partial charge in [-0.05, 0) is 68.8 Å². The molecule has 1 heterocycles. The number of Topliss-reactive ketones (excluding diaryl/α,β-unsaturated/α-hetero) is 1. The largest absolute Gasteiger partial charge is 0.493 e. The maximum atomic E-state index is 14.0. The predicted molar refractivity (Wildman–Crippen MR) is 170 cm³/mol. The fourth-order valence-electron chi connectivity index (χ4n) is 4.95. The second kappa shape index (κ2) is 12.2. The maximum Gasteiger partial charge on any atom is 0.268 e. The van der Waals surface area contributed by atoms with Crippen LogP contribution in [0.5, 0.6) is 11.5 Å². The zero-order valence-electron chi connectivity index (χ0n) is 24.7. The summed E-state index contributed by atoms with van der Waals surface area (Å²) in [6.45, 7) is 3.73. The molecule has 1 N–H and O–H groups in total. The number of nitrogens with zero attached hydrogens (tertiary/aromatic N) is 1. The first kappa shape index (κ1) is 30.8. The van der Waals surface area contributed by atoms with E-state index in [-0.39, 0.29) is 39.7 Å². The lowest BCUT2D eigenvalue weighted by molar-refractivity contribution is 0.0983. The number of ether oxygens (including phenoxy) is 2. The first-order valence-corrected chi connectivity index (χ1v) is 16.7. The van der Waals surface area contributed by atoms with Gasteiger partial charge in [0, 0.05) is 29.1 Å². The molecule has 0 bridgehead atoms. The van der Waals surface area contributed by atoms with Crippen molar-refractivity contribution in [3.63, 3.8) is 0 Å². The monoisotopic (exact) mass is 632 g/mol. The molecule has 0 aliphatic rings. The number of carbonyl (C=O) groups excluding carboxylic acids is 1. The highest BCUT2D eigenvalue weighted by atomic mass is 32.2. The van der Waals surface area contributed by atoms with Crippen molar-refractivity contribution >= 4 is 42.4 Å². The smallest absolute Gasteiger partial charge is 0.268 e. The number of carbonyl (C=O) groups is 1. The van der Waals surface area contributed by atoms with Gasteiger partial charge in [-0.2, -0.15) is 0 Å². The molecule has 0 spiro atoms. The van der Waals surface area contributed by atoms with E-state index in [1.807, 2.05) is 13.8 Å². The van der Waals surface area contributed by atoms with Gasteiger partial charge in [-0.15, -0.1) is 0 Å². The van der Waals surface area contributed by atoms with Crippen LogP contribution in [-0.4, -0.2) is 40.8 Å². The number of para-hydroxylation sites is 1. The van der Waals surface area contributed by atoms with Crippen molar-refractivity contribution in [2.24, 2.45) is 0 Å². The summed E-state index contributed by atoms with van der Waals surface area (Å²) >= 11 is 0. The first-order valence-electron chi connectivity index (χ1n) is 13.7. The fourth-order valence-corrected chi connectivity index (χ4v) is 7.59. The normalized spacial score (nSPS) is 11.8. The van der Waals surface area contributed by atoms with Gasteiger partial charge in [0.25, 0.3) is 20.0 Å². The van der Waals surface area contributed by atoms with Crippen LogP contribution in [-0.2, 0) is 26.5 Å². The van der Waals surface area contributed by atoms with E-state index in [1.54, 1.807) is 72.8 Å². The van der Waals surface area contributed by atoms with E-state index >= 15 is 0 Å². The number of sulfonamides is 1. The SMILES string of the molecule is COc1cc2cc(CCC(=O)c3ccccc3NS(=O)(=O)c3ccc(C)cc3)n(S(=O)(=O)c3ccc(C)cc3)c2cc1OC. The maximum absolute atomic E-state index is 14.0. The van der Waals surface area contributed by atoms with Gasteiger partial charge in [-0.3, -0.25) is 9.52 Å². The van der Waals surface area contributed by atoms with Gasteiger partial charge < -0.3 is 9.47 Å². The summed E-state index contributed by atoms with van der Waals surface area (Å²) in [5, 5.41) is 0.590. The van der Waals surface area contributed by atoms with Crippen molar-refractivity contribution in [1.29, 1.82) is 0 Å². The molecule has 0 saturated heterocycles. The molecule has 0 saturated carbocycles. The van der Waals surface area contributed by atoms with E-state index in [2.05, 4.69) is 4.72 Å². The molecular formula is C33H32N2O7S2. The highest BCUT2D eigenvalue weighted by Crippen LogP contribution is 2.36. The number of fused-ring (bicyclic) bond motifs is 1. The summed E-state index contributed by atoms with van der Waals surface area (Å²) in [7, 11) is -5.07. The summed E-state index contributed by atoms with van der Waals surface area (Å²) in [6, 6.07) is 24.3. The minimum absolute atomic E-state index is 0.0578. The molecule has 0 fully saturated rings. The van der Waals surface area contributed by atoms with Crippen LogP contribution >= 0.6 is 0 Å². The second-order valence-electron chi connectivity index (χ2n) is 10.4. The lowest BCUT2D eigenvalue weighted by atomic mass is 10.0. The first-order chi connectivity index (χ1) is 20.9. The average Bonchev–Trinajstić information content (AvgIpc) is 3.37. The Morgan fingerprint density at radius 2 is 1.32 bits per heavy atom. The van der Waals surface area contributed by atoms with Gasteiger partial charge in [-0.1, -0.05) is 47.5 Å². The highest BCUT2D eigenvalue weighted by molar-refractivity contribution is 7.92. The van der Waals surface area contributed by atoms with Crippen LogP contribution in [0.4, 0.5) is 5.69 Å². The molecule has 9 nitrogen and oxygen atoms in total. The van der Waals surface area contributed by atoms with E-state index < -0.39 is 20.0 Å². The Bertz CT molecular complexity index is 2070. The molecule has 4 aromatic carbocycles. The van der Waals surface area contributed by atoms with Gasteiger partial charge in [0.1, 0.15) is 0 Å². The Balaban J connectivity index is 1.51. The molecule has 0 radical (unpaired) electrons. The number of hydrogen-bond donors (Lipinski definition) is 1. The lowest BCUT2D eigenvalue weighted by Crippen LogP contribution is -2.17. The van der Waals surface area contributed by atoms with Gasteiger partial charge in [0.15, 0.2) is 17.3 Å². The van der Waals surface area contributed by atoms with Gasteiger partial charge in [-0.25, -0.2) is 20.8 Å². The number of nitrogens with one attached hydrogen (secondary N) is 1. The third kappa shape index (κ3) is 6.06. The number of ketones is 1. The number of anilines is 1. The van der Waals surface area contributed by atoms with Gasteiger partial charge in [0.2, 0.25) is 0 Å². The van der Waals surface area contributed by atoms with Crippen LogP contribution in [0.3, 0.4) is 0 Å². The molecule has 44 heavy (non-hydrogen) atoms. The van der Waals surface area contributed by atoms with Crippen molar-refractivity contribution < 1.29 is 31.1 Å². The lowest BCUT2D eigenvalue weighted by Gasteiger charge is -2.14. The van der Waals surface area contributed by atoms with Crippen LogP contribution in [0.15, 0.2) is 101 Å². The van der Waals surface area contributed by atoms with Crippen molar-refractivity contribution in [2.45, 2.75) is 36.5 Å². The van der Waals surface area contributed by atoms with Crippen molar-refractivity contribution in [2.75, 3.05) is 18.9 Å². The van der Waals surface area contributed by atoms with Crippen LogP contribution < -0.4 is 14.2 Å². The number of aromatic nitrogens is 1. The van der Waals surface area contributed by atoms with E-state index in [0.29, 0.717) is 28.1 Å². The molecule has 0 atom stereocenters. The summed E-state index contributed by atoms with van der Waals surface area (Å²) < 4.78 is 68.8. The molecule has 11 heteroatoms. The van der Waals surface area contributed by atoms with Crippen molar-refractivity contribution in [1.82, 2.24) is 3.97 Å². The Labute approximate surface area is 257 Å². The van der Waals surface area contributed by atoms with E-state index in [0.717, 1.165) is 11.1 Å². The molecule has 0 aliphatic carbocycles. The number of hydrogen-bond acceptors (Lipinski definition) is 7. The standard InChI is InChI=1S/C33H32N2O7S2/c1-22-9-14-26(15-10-22)43(37,38)34-29-8-6-5-7-28(29)31(36)18-13-25-19-24-20-32(41-3)33(42-4)21-30(24)35(25)44(39,40)27-16-11-23(2)12-17-27/h5-12,14-17,19-21,34H,13,18H2,1-4H3. The third-order valence-corrected chi connectivity index (χ3v) is 10.5. The van der Waals surface area contributed by atoms with Crippen LogP contribution in [0, 0.1) is 13.8 Å². The summed E-state index contributed by atoms with van der Waals surface area (Å²) in [4.78, 5) is 13.7. The van der Waals surface area contributed by atoms with Crippen molar-refractivity contribution in [3.05, 3.63) is 113 Å². The topological polar surface area (TPSA) is 121 Å². The zero-order chi connectivity index (χ0) is 31.6. The Kier molecular flexibility index (Phi) is 8.53. The summed E-state index contributed by atoms with van der Waals surface area (Å²) in [5.41, 5.74) is 2.89. The molecule has 5 rings (SSSR count). The Morgan fingerprint density at radius 3 is 1.93 bits per heavy atom. The number of rotatable bonds is 11. The van der Waals surface area contributed by atoms with Crippen LogP contribution in [0.2, 0.25) is 0 Å². The summed E-state index contributed by atoms with van der Waals surface area (Å²) in [6.07, 6.45) is -0.0282. The van der Waals surface area contributed by atoms with Crippen LogP contribution in [0.1, 0.15) is 33.6 Å². The number of benzene rings is 4. The van der Waals surface area contributed by atoms with Gasteiger partial charge in [0.05, 0.1) is 35.2 Å². The quantitative estimate of drug-likeness (QED) is 0.174. The number of aryl methyl sites for hydroxylation is 3. The zero-order valence-corrected chi connectivity index (χ0v) is 26.3. The Hall–Kier alpha value is -4.61. The van der Waals surface area contributed by atoms with Gasteiger partial charge >= 0.3 is 0 Å². The summed E-state index contributed by atoms with van der Waals surface area (Å²) in [5.74, 6) is 0.435. The minimum Gasteiger partial charge on any atom is -0.493 e. The van der Waals surface area contributed by atoms with E-state index in [4.69, 9.17) is 9.47 Å². The molecule has 1 aromatic heterocycles. The Morgan fingerprint density at radius 1 is 0.750 bits per heavy atom. The fraction of sp³-hybridized carbons (Fsp3) is 0.182. The van der Waals surface area contributed by atoms with E-state index in [1.165, 1.54) is 36.4 Å². The number of methoxy groups -OCH3 is 2.